The van der Waals surface area contributed by atoms with Crippen molar-refractivity contribution in [2.24, 2.45) is 0 Å². The van der Waals surface area contributed by atoms with Crippen LogP contribution in [0.25, 0.3) is 0 Å². The van der Waals surface area contributed by atoms with Crippen LogP contribution in [-0.4, -0.2) is 43.3 Å². The van der Waals surface area contributed by atoms with Crippen LogP contribution < -0.4 is 9.62 Å². The number of aryl methyl sites for hydroxylation is 2. The highest BCUT2D eigenvalue weighted by molar-refractivity contribution is 7.92. The molecular weight excluding hydrogens is 569 g/mol. The zero-order valence-corrected chi connectivity index (χ0v) is 25.9. The van der Waals surface area contributed by atoms with Gasteiger partial charge in [-0.3, -0.25) is 13.9 Å². The van der Waals surface area contributed by atoms with Gasteiger partial charge in [-0.25, -0.2) is 8.42 Å². The van der Waals surface area contributed by atoms with Crippen LogP contribution in [0.3, 0.4) is 0 Å². The van der Waals surface area contributed by atoms with Crippen molar-refractivity contribution in [2.45, 2.75) is 64.6 Å². The van der Waals surface area contributed by atoms with E-state index in [1.165, 1.54) is 23.1 Å². The van der Waals surface area contributed by atoms with Crippen LogP contribution in [0.5, 0.6) is 0 Å². The van der Waals surface area contributed by atoms with E-state index in [0.717, 1.165) is 15.4 Å². The van der Waals surface area contributed by atoms with Crippen molar-refractivity contribution in [3.8, 4) is 0 Å². The van der Waals surface area contributed by atoms with Gasteiger partial charge in [-0.15, -0.1) is 0 Å². The molecule has 3 aromatic carbocycles. The molecule has 1 unspecified atom stereocenters. The van der Waals surface area contributed by atoms with Crippen molar-refractivity contribution in [3.05, 3.63) is 93.5 Å². The minimum atomic E-state index is -4.18. The van der Waals surface area contributed by atoms with Gasteiger partial charge in [0, 0.05) is 22.1 Å². The summed E-state index contributed by atoms with van der Waals surface area (Å²) in [5.74, 6) is -0.914. The molecule has 0 radical (unpaired) electrons. The normalized spacial score (nSPS) is 12.5. The first-order valence-corrected chi connectivity index (χ1v) is 15.0. The number of hydrogen-bond donors (Lipinski definition) is 1. The fourth-order valence-corrected chi connectivity index (χ4v) is 5.81. The van der Waals surface area contributed by atoms with Crippen LogP contribution in [-0.2, 0) is 26.2 Å². The molecule has 7 nitrogen and oxygen atoms in total. The Bertz CT molecular complexity index is 1470. The van der Waals surface area contributed by atoms with Gasteiger partial charge in [0.25, 0.3) is 10.0 Å². The van der Waals surface area contributed by atoms with Gasteiger partial charge in [0.05, 0.1) is 10.6 Å². The van der Waals surface area contributed by atoms with Crippen molar-refractivity contribution in [2.75, 3.05) is 10.8 Å². The summed E-state index contributed by atoms with van der Waals surface area (Å²) < 4.78 is 29.0. The molecule has 0 spiro atoms. The van der Waals surface area contributed by atoms with Gasteiger partial charge in [0.2, 0.25) is 11.8 Å². The Morgan fingerprint density at radius 2 is 1.48 bits per heavy atom. The number of nitrogens with one attached hydrogen (secondary N) is 1. The summed E-state index contributed by atoms with van der Waals surface area (Å²) >= 11 is 12.3. The Kier molecular flexibility index (Phi) is 9.93. The smallest absolute Gasteiger partial charge is 0.264 e. The largest absolute Gasteiger partial charge is 0.350 e. The predicted molar refractivity (Wildman–Crippen MR) is 161 cm³/mol. The second kappa shape index (κ2) is 12.6. The Morgan fingerprint density at radius 3 is 2.05 bits per heavy atom. The molecule has 0 saturated carbocycles. The molecular formula is C30H35Cl2N3O4S. The van der Waals surface area contributed by atoms with Gasteiger partial charge in [-0.05, 0) is 89.1 Å². The van der Waals surface area contributed by atoms with Crippen LogP contribution in [0, 0.1) is 13.8 Å². The molecule has 0 saturated heterocycles. The van der Waals surface area contributed by atoms with E-state index in [4.69, 9.17) is 23.2 Å². The number of amides is 2. The van der Waals surface area contributed by atoms with Crippen molar-refractivity contribution >= 4 is 50.7 Å². The summed E-state index contributed by atoms with van der Waals surface area (Å²) in [4.78, 5) is 28.6. The van der Waals surface area contributed by atoms with E-state index in [2.05, 4.69) is 5.32 Å². The lowest BCUT2D eigenvalue weighted by atomic mass is 10.1. The first-order chi connectivity index (χ1) is 18.6. The summed E-state index contributed by atoms with van der Waals surface area (Å²) in [5, 5.41) is 3.77. The minimum Gasteiger partial charge on any atom is -0.350 e. The highest BCUT2D eigenvalue weighted by Crippen LogP contribution is 2.30. The molecule has 0 aliphatic heterocycles. The first kappa shape index (κ1) is 31.5. The van der Waals surface area contributed by atoms with Gasteiger partial charge in [-0.1, -0.05) is 59.1 Å². The van der Waals surface area contributed by atoms with Crippen molar-refractivity contribution in [1.82, 2.24) is 10.2 Å². The second-order valence-corrected chi connectivity index (χ2v) is 13.6. The SMILES string of the molecule is Cc1ccc(S(=O)(=O)N(CC(=O)N(Cc2ccc(Cl)cc2)C(C)C(=O)NC(C)(C)C)c2cc(Cl)ccc2C)cc1. The van der Waals surface area contributed by atoms with Gasteiger partial charge in [0.15, 0.2) is 0 Å². The Labute approximate surface area is 247 Å². The highest BCUT2D eigenvalue weighted by Gasteiger charge is 2.34. The van der Waals surface area contributed by atoms with Gasteiger partial charge >= 0.3 is 0 Å². The lowest BCUT2D eigenvalue weighted by molar-refractivity contribution is -0.140. The second-order valence-electron chi connectivity index (χ2n) is 10.8. The average Bonchev–Trinajstić information content (AvgIpc) is 2.87. The van der Waals surface area contributed by atoms with Crippen molar-refractivity contribution < 1.29 is 18.0 Å². The predicted octanol–water partition coefficient (Wildman–Crippen LogP) is 6.14. The summed E-state index contributed by atoms with van der Waals surface area (Å²) in [6.07, 6.45) is 0. The summed E-state index contributed by atoms with van der Waals surface area (Å²) in [6.45, 7) is 10.3. The van der Waals surface area contributed by atoms with Crippen molar-refractivity contribution in [1.29, 1.82) is 0 Å². The Balaban J connectivity index is 2.08. The molecule has 0 aliphatic rings. The molecule has 40 heavy (non-hydrogen) atoms. The zero-order chi connectivity index (χ0) is 29.8. The van der Waals surface area contributed by atoms with Crippen LogP contribution in [0.15, 0.2) is 71.6 Å². The van der Waals surface area contributed by atoms with Gasteiger partial charge in [0.1, 0.15) is 12.6 Å². The number of hydrogen-bond acceptors (Lipinski definition) is 4. The Hall–Kier alpha value is -3.07. The number of benzene rings is 3. The fourth-order valence-electron chi connectivity index (χ4n) is 4.05. The molecule has 2 amide bonds. The van der Waals surface area contributed by atoms with Crippen molar-refractivity contribution in [3.63, 3.8) is 0 Å². The lowest BCUT2D eigenvalue weighted by Crippen LogP contribution is -2.54. The maximum Gasteiger partial charge on any atom is 0.264 e. The van der Waals surface area contributed by atoms with Crippen LogP contribution >= 0.6 is 23.2 Å². The highest BCUT2D eigenvalue weighted by atomic mass is 35.5. The fraction of sp³-hybridized carbons (Fsp3) is 0.333. The quantitative estimate of drug-likeness (QED) is 0.318. The first-order valence-electron chi connectivity index (χ1n) is 12.8. The van der Waals surface area contributed by atoms with E-state index in [9.17, 15) is 18.0 Å². The van der Waals surface area contributed by atoms with Crippen LogP contribution in [0.1, 0.15) is 44.4 Å². The number of halogens is 2. The van der Waals surface area contributed by atoms with Gasteiger partial charge in [-0.2, -0.15) is 0 Å². The van der Waals surface area contributed by atoms with E-state index in [-0.39, 0.29) is 23.0 Å². The number of carbonyl (C=O) groups excluding carboxylic acids is 2. The average molecular weight is 605 g/mol. The summed E-state index contributed by atoms with van der Waals surface area (Å²) in [5.41, 5.74) is 2.00. The van der Waals surface area contributed by atoms with E-state index in [0.29, 0.717) is 15.6 Å². The van der Waals surface area contributed by atoms with Gasteiger partial charge < -0.3 is 10.2 Å². The number of sulfonamides is 1. The Morgan fingerprint density at radius 1 is 0.900 bits per heavy atom. The molecule has 0 fully saturated rings. The standard InChI is InChI=1S/C30H35Cl2N3O4S/c1-20-7-15-26(16-8-20)40(38,39)35(27-17-25(32)12-9-21(27)2)19-28(36)34(18-23-10-13-24(31)14-11-23)22(3)29(37)33-30(4,5)6/h7-17,22H,18-19H2,1-6H3,(H,33,37). The van der Waals surface area contributed by atoms with E-state index >= 15 is 0 Å². The topological polar surface area (TPSA) is 86.8 Å². The maximum atomic E-state index is 14.0. The van der Waals surface area contributed by atoms with Crippen LogP contribution in [0.2, 0.25) is 10.0 Å². The number of nitrogens with zero attached hydrogens (tertiary/aromatic N) is 2. The third kappa shape index (κ3) is 7.99. The molecule has 0 heterocycles. The molecule has 3 rings (SSSR count). The minimum absolute atomic E-state index is 0.0352. The molecule has 0 aromatic heterocycles. The van der Waals surface area contributed by atoms with E-state index in [1.54, 1.807) is 62.4 Å². The lowest BCUT2D eigenvalue weighted by Gasteiger charge is -2.34. The third-order valence-electron chi connectivity index (χ3n) is 6.26. The molecule has 1 atom stereocenters. The molecule has 0 aliphatic carbocycles. The maximum absolute atomic E-state index is 14.0. The number of rotatable bonds is 9. The summed E-state index contributed by atoms with van der Waals surface area (Å²) in [7, 11) is -4.18. The molecule has 1 N–H and O–H groups in total. The molecule has 0 bridgehead atoms. The third-order valence-corrected chi connectivity index (χ3v) is 8.52. The van der Waals surface area contributed by atoms with E-state index < -0.39 is 34.1 Å². The number of anilines is 1. The summed E-state index contributed by atoms with van der Waals surface area (Å²) in [6, 6.07) is 17.3. The molecule has 10 heteroatoms. The van der Waals surface area contributed by atoms with Crippen LogP contribution in [0.4, 0.5) is 5.69 Å². The monoisotopic (exact) mass is 603 g/mol. The van der Waals surface area contributed by atoms with E-state index in [1.807, 2.05) is 27.7 Å². The zero-order valence-electron chi connectivity index (χ0n) is 23.5. The molecule has 214 valence electrons. The molecule has 3 aromatic rings. The number of carbonyl (C=O) groups is 2.